The van der Waals surface area contributed by atoms with Crippen LogP contribution in [0.3, 0.4) is 0 Å². The van der Waals surface area contributed by atoms with E-state index >= 15 is 0 Å². The van der Waals surface area contributed by atoms with Gasteiger partial charge in [0.25, 0.3) is 0 Å². The predicted octanol–water partition coefficient (Wildman–Crippen LogP) is 4.12. The molecule has 1 aliphatic carbocycles. The molecule has 0 radical (unpaired) electrons. The van der Waals surface area contributed by atoms with Crippen LogP contribution in [0.5, 0.6) is 0 Å². The van der Waals surface area contributed by atoms with Crippen molar-refractivity contribution in [2.45, 2.75) is 38.7 Å². The van der Waals surface area contributed by atoms with Gasteiger partial charge in [-0.05, 0) is 49.3 Å². The van der Waals surface area contributed by atoms with E-state index in [1.807, 2.05) is 6.92 Å². The topological polar surface area (TPSA) is 20.2 Å². The lowest BCUT2D eigenvalue weighted by Gasteiger charge is -2.41. The normalized spacial score (nSPS) is 33.7. The molecule has 1 fully saturated rings. The molecule has 1 saturated carbocycles. The van der Waals surface area contributed by atoms with Crippen molar-refractivity contribution in [2.75, 3.05) is 0 Å². The quantitative estimate of drug-likeness (QED) is 0.801. The predicted molar refractivity (Wildman–Crippen MR) is 67.5 cm³/mol. The summed E-state index contributed by atoms with van der Waals surface area (Å²) < 4.78 is 13.3. The number of hydrogen-bond acceptors (Lipinski definition) is 1. The molecule has 94 valence electrons. The van der Waals surface area contributed by atoms with Crippen molar-refractivity contribution in [3.8, 4) is 0 Å². The highest BCUT2D eigenvalue weighted by atomic mass is 35.5. The van der Waals surface area contributed by atoms with Gasteiger partial charge in [-0.3, -0.25) is 0 Å². The maximum absolute atomic E-state index is 13.3. The second-order valence-corrected chi connectivity index (χ2v) is 5.74. The van der Waals surface area contributed by atoms with Crippen LogP contribution in [0, 0.1) is 17.7 Å². The zero-order valence-corrected chi connectivity index (χ0v) is 11.0. The van der Waals surface area contributed by atoms with Gasteiger partial charge in [0.1, 0.15) is 5.82 Å². The fraction of sp³-hybridized carbons (Fsp3) is 0.571. The van der Waals surface area contributed by atoms with Crippen molar-refractivity contribution in [2.24, 2.45) is 11.8 Å². The molecule has 1 nitrogen and oxygen atoms in total. The SMILES string of the molecule is CC1CCC(O)(c2cc(F)ccc2Cl)C(C)C1. The van der Waals surface area contributed by atoms with Gasteiger partial charge in [-0.25, -0.2) is 4.39 Å². The van der Waals surface area contributed by atoms with E-state index < -0.39 is 5.60 Å². The summed E-state index contributed by atoms with van der Waals surface area (Å²) in [6.07, 6.45) is 2.55. The highest BCUT2D eigenvalue weighted by Crippen LogP contribution is 2.45. The molecule has 0 spiro atoms. The molecule has 1 aliphatic rings. The highest BCUT2D eigenvalue weighted by Gasteiger charge is 2.41. The first-order chi connectivity index (χ1) is 7.93. The summed E-state index contributed by atoms with van der Waals surface area (Å²) in [6, 6.07) is 4.22. The summed E-state index contributed by atoms with van der Waals surface area (Å²) in [7, 11) is 0. The Morgan fingerprint density at radius 2 is 2.12 bits per heavy atom. The van der Waals surface area contributed by atoms with Gasteiger partial charge in [-0.2, -0.15) is 0 Å². The van der Waals surface area contributed by atoms with Crippen LogP contribution in [0.1, 0.15) is 38.7 Å². The molecule has 2 rings (SSSR count). The average Bonchev–Trinajstić information content (AvgIpc) is 2.27. The lowest BCUT2D eigenvalue weighted by molar-refractivity contribution is -0.0588. The van der Waals surface area contributed by atoms with Crippen molar-refractivity contribution >= 4 is 11.6 Å². The van der Waals surface area contributed by atoms with Crippen molar-refractivity contribution in [1.82, 2.24) is 0 Å². The largest absolute Gasteiger partial charge is 0.385 e. The molecule has 0 aromatic heterocycles. The average molecular weight is 257 g/mol. The molecule has 0 bridgehead atoms. The Morgan fingerprint density at radius 3 is 2.76 bits per heavy atom. The number of aliphatic hydroxyl groups is 1. The lowest BCUT2D eigenvalue weighted by atomic mass is 9.69. The number of rotatable bonds is 1. The maximum Gasteiger partial charge on any atom is 0.123 e. The minimum Gasteiger partial charge on any atom is -0.385 e. The van der Waals surface area contributed by atoms with Gasteiger partial charge >= 0.3 is 0 Å². The van der Waals surface area contributed by atoms with E-state index in [1.165, 1.54) is 18.2 Å². The minimum atomic E-state index is -0.980. The van der Waals surface area contributed by atoms with E-state index in [1.54, 1.807) is 0 Å². The molecule has 1 aromatic rings. The summed E-state index contributed by atoms with van der Waals surface area (Å²) in [5, 5.41) is 11.2. The highest BCUT2D eigenvalue weighted by molar-refractivity contribution is 6.31. The first-order valence-corrected chi connectivity index (χ1v) is 6.49. The Labute approximate surface area is 107 Å². The van der Waals surface area contributed by atoms with E-state index in [4.69, 9.17) is 11.6 Å². The third kappa shape index (κ3) is 2.34. The van der Waals surface area contributed by atoms with Gasteiger partial charge in [-0.1, -0.05) is 25.4 Å². The zero-order chi connectivity index (χ0) is 12.6. The maximum atomic E-state index is 13.3. The Morgan fingerprint density at radius 1 is 1.41 bits per heavy atom. The monoisotopic (exact) mass is 256 g/mol. The van der Waals surface area contributed by atoms with Gasteiger partial charge in [0.15, 0.2) is 0 Å². The van der Waals surface area contributed by atoms with Crippen LogP contribution in [0.4, 0.5) is 4.39 Å². The molecule has 0 amide bonds. The third-order valence-electron chi connectivity index (χ3n) is 3.98. The summed E-state index contributed by atoms with van der Waals surface area (Å²) in [6.45, 7) is 4.19. The minimum absolute atomic E-state index is 0.102. The van der Waals surface area contributed by atoms with E-state index in [0.717, 1.165) is 12.8 Å². The Hall–Kier alpha value is -0.600. The molecule has 0 saturated heterocycles. The van der Waals surface area contributed by atoms with Crippen molar-refractivity contribution in [3.63, 3.8) is 0 Å². The van der Waals surface area contributed by atoms with Crippen LogP contribution >= 0.6 is 11.6 Å². The number of hydrogen-bond donors (Lipinski definition) is 1. The van der Waals surface area contributed by atoms with E-state index in [-0.39, 0.29) is 11.7 Å². The first kappa shape index (κ1) is 12.8. The van der Waals surface area contributed by atoms with E-state index in [0.29, 0.717) is 22.9 Å². The first-order valence-electron chi connectivity index (χ1n) is 6.11. The van der Waals surface area contributed by atoms with E-state index in [2.05, 4.69) is 6.92 Å². The molecule has 1 aromatic carbocycles. The third-order valence-corrected chi connectivity index (χ3v) is 4.31. The number of halogens is 2. The van der Waals surface area contributed by atoms with Crippen LogP contribution in [-0.4, -0.2) is 5.11 Å². The molecule has 3 heteroatoms. The number of benzene rings is 1. The molecule has 1 N–H and O–H groups in total. The zero-order valence-electron chi connectivity index (χ0n) is 10.2. The molecule has 0 heterocycles. The van der Waals surface area contributed by atoms with Crippen molar-refractivity contribution < 1.29 is 9.50 Å². The fourth-order valence-corrected chi connectivity index (χ4v) is 3.14. The van der Waals surface area contributed by atoms with Gasteiger partial charge in [0, 0.05) is 10.6 Å². The van der Waals surface area contributed by atoms with Crippen molar-refractivity contribution in [1.29, 1.82) is 0 Å². The molecule has 17 heavy (non-hydrogen) atoms. The lowest BCUT2D eigenvalue weighted by Crippen LogP contribution is -2.38. The summed E-state index contributed by atoms with van der Waals surface area (Å²) in [5.41, 5.74) is -0.440. The Bertz CT molecular complexity index is 421. The van der Waals surface area contributed by atoms with E-state index in [9.17, 15) is 9.50 Å². The summed E-state index contributed by atoms with van der Waals surface area (Å²) in [4.78, 5) is 0. The smallest absolute Gasteiger partial charge is 0.123 e. The van der Waals surface area contributed by atoms with Gasteiger partial charge in [0.05, 0.1) is 5.60 Å². The van der Waals surface area contributed by atoms with Gasteiger partial charge < -0.3 is 5.11 Å². The fourth-order valence-electron chi connectivity index (χ4n) is 2.86. The van der Waals surface area contributed by atoms with Crippen LogP contribution in [0.25, 0.3) is 0 Å². The summed E-state index contributed by atoms with van der Waals surface area (Å²) >= 11 is 6.09. The molecule has 3 atom stereocenters. The van der Waals surface area contributed by atoms with Crippen LogP contribution in [-0.2, 0) is 5.60 Å². The van der Waals surface area contributed by atoms with Gasteiger partial charge in [-0.15, -0.1) is 0 Å². The second-order valence-electron chi connectivity index (χ2n) is 5.33. The Balaban J connectivity index is 2.40. The molecular weight excluding hydrogens is 239 g/mol. The van der Waals surface area contributed by atoms with Crippen LogP contribution in [0.2, 0.25) is 5.02 Å². The molecular formula is C14H18ClFO. The van der Waals surface area contributed by atoms with Crippen LogP contribution in [0.15, 0.2) is 18.2 Å². The molecule has 3 unspecified atom stereocenters. The van der Waals surface area contributed by atoms with Crippen molar-refractivity contribution in [3.05, 3.63) is 34.6 Å². The van der Waals surface area contributed by atoms with Gasteiger partial charge in [0.2, 0.25) is 0 Å². The van der Waals surface area contributed by atoms with Crippen LogP contribution < -0.4 is 0 Å². The second kappa shape index (κ2) is 4.58. The standard InChI is InChI=1S/C14H18ClFO/c1-9-5-6-14(17,10(2)7-9)12-8-11(16)3-4-13(12)15/h3-4,8-10,17H,5-7H2,1-2H3. The molecule has 0 aliphatic heterocycles. The summed E-state index contributed by atoms with van der Waals surface area (Å²) in [5.74, 6) is 0.367. The Kier molecular flexibility index (Phi) is 3.46.